The molecule has 3 aromatic rings. The summed E-state index contributed by atoms with van der Waals surface area (Å²) in [5.74, 6) is 0.624. The van der Waals surface area contributed by atoms with E-state index in [-0.39, 0.29) is 22.3 Å². The minimum atomic E-state index is -3.88. The van der Waals surface area contributed by atoms with Crippen molar-refractivity contribution in [3.05, 3.63) is 64.4 Å². The van der Waals surface area contributed by atoms with Gasteiger partial charge in [-0.05, 0) is 48.5 Å². The topological polar surface area (TPSA) is 64.8 Å². The average molecular weight is 400 g/mol. The zero-order valence-electron chi connectivity index (χ0n) is 12.1. The molecule has 0 amide bonds. The van der Waals surface area contributed by atoms with E-state index in [1.165, 1.54) is 24.3 Å². The first-order valence-electron chi connectivity index (χ1n) is 6.75. The number of thiol groups is 1. The number of halogens is 2. The Bertz CT molecular complexity index is 969. The first kappa shape index (κ1) is 17.3. The summed E-state index contributed by atoms with van der Waals surface area (Å²) in [7, 11) is -3.88. The van der Waals surface area contributed by atoms with Gasteiger partial charge in [0.1, 0.15) is 0 Å². The maximum atomic E-state index is 12.8. The summed E-state index contributed by atoms with van der Waals surface area (Å²) in [4.78, 5) is 4.34. The van der Waals surface area contributed by atoms with E-state index in [0.717, 1.165) is 4.09 Å². The van der Waals surface area contributed by atoms with Crippen LogP contribution in [-0.4, -0.2) is 22.6 Å². The lowest BCUT2D eigenvalue weighted by Crippen LogP contribution is -2.17. The Kier molecular flexibility index (Phi) is 4.87. The van der Waals surface area contributed by atoms with Crippen LogP contribution < -0.4 is 0 Å². The molecule has 0 bridgehead atoms. The predicted molar refractivity (Wildman–Crippen MR) is 97.2 cm³/mol. The maximum absolute atomic E-state index is 12.8. The Morgan fingerprint density at radius 1 is 0.958 bits per heavy atom. The standard InChI is InChI=1S/C15H11Cl2N3O2S2/c16-11-3-1-10(2-4-11)15-18-14(9-23)20(19-15)24(21,22)13-7-5-12(17)6-8-13/h1-8,23H,9H2. The number of rotatable bonds is 4. The van der Waals surface area contributed by atoms with E-state index < -0.39 is 10.0 Å². The smallest absolute Gasteiger partial charge is 0.210 e. The van der Waals surface area contributed by atoms with Gasteiger partial charge >= 0.3 is 0 Å². The van der Waals surface area contributed by atoms with Crippen LogP contribution in [-0.2, 0) is 15.8 Å². The van der Waals surface area contributed by atoms with Gasteiger partial charge in [-0.15, -0.1) is 9.19 Å². The Balaban J connectivity index is 2.10. The minimum Gasteiger partial charge on any atom is -0.210 e. The highest BCUT2D eigenvalue weighted by Gasteiger charge is 2.23. The Morgan fingerprint density at radius 3 is 2.04 bits per heavy atom. The van der Waals surface area contributed by atoms with Gasteiger partial charge in [-0.2, -0.15) is 21.0 Å². The summed E-state index contributed by atoms with van der Waals surface area (Å²) in [6, 6.07) is 12.7. The largest absolute Gasteiger partial charge is 0.284 e. The van der Waals surface area contributed by atoms with E-state index in [2.05, 4.69) is 22.7 Å². The van der Waals surface area contributed by atoms with Crippen molar-refractivity contribution in [2.24, 2.45) is 0 Å². The van der Waals surface area contributed by atoms with E-state index >= 15 is 0 Å². The van der Waals surface area contributed by atoms with Crippen LogP contribution in [0, 0.1) is 0 Å². The lowest BCUT2D eigenvalue weighted by atomic mass is 10.2. The van der Waals surface area contributed by atoms with Crippen LogP contribution in [0.3, 0.4) is 0 Å². The molecular weight excluding hydrogens is 389 g/mol. The second-order valence-electron chi connectivity index (χ2n) is 4.82. The molecule has 0 saturated heterocycles. The quantitative estimate of drug-likeness (QED) is 0.675. The molecule has 1 aromatic heterocycles. The van der Waals surface area contributed by atoms with Gasteiger partial charge in [0.2, 0.25) is 0 Å². The Labute approximate surface area is 154 Å². The van der Waals surface area contributed by atoms with Crippen LogP contribution in [0.15, 0.2) is 53.4 Å². The molecule has 9 heteroatoms. The van der Waals surface area contributed by atoms with Crippen LogP contribution in [0.1, 0.15) is 5.82 Å². The van der Waals surface area contributed by atoms with Crippen molar-refractivity contribution >= 4 is 45.9 Å². The van der Waals surface area contributed by atoms with Crippen molar-refractivity contribution in [1.82, 2.24) is 14.2 Å². The second-order valence-corrected chi connectivity index (χ2v) is 7.78. The summed E-state index contributed by atoms with van der Waals surface area (Å²) in [5.41, 5.74) is 0.660. The Morgan fingerprint density at radius 2 is 1.50 bits per heavy atom. The molecule has 3 rings (SSSR count). The molecule has 0 aliphatic carbocycles. The van der Waals surface area contributed by atoms with E-state index in [0.29, 0.717) is 15.6 Å². The van der Waals surface area contributed by atoms with Crippen molar-refractivity contribution in [2.45, 2.75) is 10.6 Å². The summed E-state index contributed by atoms with van der Waals surface area (Å²) >= 11 is 15.8. The average Bonchev–Trinajstić information content (AvgIpc) is 3.01. The molecule has 0 aliphatic rings. The van der Waals surface area contributed by atoms with Crippen molar-refractivity contribution in [2.75, 3.05) is 0 Å². The molecule has 5 nitrogen and oxygen atoms in total. The third-order valence-corrected chi connectivity index (χ3v) is 5.63. The second kappa shape index (κ2) is 6.76. The number of aromatic nitrogens is 3. The van der Waals surface area contributed by atoms with Gasteiger partial charge in [0.15, 0.2) is 11.6 Å². The molecule has 0 spiro atoms. The van der Waals surface area contributed by atoms with E-state index in [9.17, 15) is 8.42 Å². The summed E-state index contributed by atoms with van der Waals surface area (Å²) in [6.07, 6.45) is 0. The molecule has 0 saturated carbocycles. The zero-order valence-corrected chi connectivity index (χ0v) is 15.3. The number of benzene rings is 2. The van der Waals surface area contributed by atoms with E-state index in [1.54, 1.807) is 24.3 Å². The molecule has 2 aromatic carbocycles. The fourth-order valence-electron chi connectivity index (χ4n) is 2.05. The van der Waals surface area contributed by atoms with Crippen LogP contribution in [0.4, 0.5) is 0 Å². The fourth-order valence-corrected chi connectivity index (χ4v) is 3.85. The highest BCUT2D eigenvalue weighted by atomic mass is 35.5. The highest BCUT2D eigenvalue weighted by Crippen LogP contribution is 2.23. The molecule has 0 unspecified atom stereocenters. The fraction of sp³-hybridized carbons (Fsp3) is 0.0667. The predicted octanol–water partition coefficient (Wildman–Crippen LogP) is 3.92. The monoisotopic (exact) mass is 399 g/mol. The molecule has 0 radical (unpaired) electrons. The van der Waals surface area contributed by atoms with Gasteiger partial charge in [0.25, 0.3) is 10.0 Å². The van der Waals surface area contributed by atoms with Gasteiger partial charge in [0.05, 0.1) is 10.6 Å². The first-order chi connectivity index (χ1) is 11.4. The highest BCUT2D eigenvalue weighted by molar-refractivity contribution is 7.90. The van der Waals surface area contributed by atoms with Crippen molar-refractivity contribution in [3.63, 3.8) is 0 Å². The third kappa shape index (κ3) is 3.30. The van der Waals surface area contributed by atoms with Crippen molar-refractivity contribution in [1.29, 1.82) is 0 Å². The van der Waals surface area contributed by atoms with Gasteiger partial charge < -0.3 is 0 Å². The van der Waals surface area contributed by atoms with Gasteiger partial charge in [-0.1, -0.05) is 23.2 Å². The SMILES string of the molecule is O=S(=O)(c1ccc(Cl)cc1)n1nc(-c2ccc(Cl)cc2)nc1CS. The molecule has 124 valence electrons. The Hall–Kier alpha value is -1.54. The maximum Gasteiger partial charge on any atom is 0.284 e. The first-order valence-corrected chi connectivity index (χ1v) is 9.58. The van der Waals surface area contributed by atoms with Crippen LogP contribution in [0.5, 0.6) is 0 Å². The minimum absolute atomic E-state index is 0.0717. The third-order valence-electron chi connectivity index (χ3n) is 3.22. The van der Waals surface area contributed by atoms with Crippen LogP contribution >= 0.6 is 35.8 Å². The van der Waals surface area contributed by atoms with Crippen LogP contribution in [0.2, 0.25) is 10.0 Å². The lowest BCUT2D eigenvalue weighted by molar-refractivity contribution is 0.578. The normalized spacial score (nSPS) is 11.6. The number of hydrogen-bond donors (Lipinski definition) is 1. The molecule has 0 aliphatic heterocycles. The van der Waals surface area contributed by atoms with E-state index in [4.69, 9.17) is 23.2 Å². The summed E-state index contributed by atoms with van der Waals surface area (Å²) in [6.45, 7) is 0. The van der Waals surface area contributed by atoms with Crippen molar-refractivity contribution in [3.8, 4) is 11.4 Å². The molecule has 0 N–H and O–H groups in total. The van der Waals surface area contributed by atoms with Crippen LogP contribution in [0.25, 0.3) is 11.4 Å². The molecular formula is C15H11Cl2N3O2S2. The number of hydrogen-bond acceptors (Lipinski definition) is 5. The summed E-state index contributed by atoms with van der Waals surface area (Å²) in [5, 5.41) is 5.16. The summed E-state index contributed by atoms with van der Waals surface area (Å²) < 4.78 is 26.5. The number of nitrogens with zero attached hydrogens (tertiary/aromatic N) is 3. The van der Waals surface area contributed by atoms with Gasteiger partial charge in [-0.3, -0.25) is 0 Å². The van der Waals surface area contributed by atoms with E-state index in [1.807, 2.05) is 0 Å². The molecule has 1 heterocycles. The van der Waals surface area contributed by atoms with Gasteiger partial charge in [-0.25, -0.2) is 4.98 Å². The molecule has 0 atom stereocenters. The molecule has 24 heavy (non-hydrogen) atoms. The zero-order chi connectivity index (χ0) is 17.3. The van der Waals surface area contributed by atoms with Gasteiger partial charge in [0, 0.05) is 15.6 Å². The molecule has 0 fully saturated rings. The lowest BCUT2D eigenvalue weighted by Gasteiger charge is -2.06. The van der Waals surface area contributed by atoms with Crippen molar-refractivity contribution < 1.29 is 8.42 Å².